The first-order valence-electron chi connectivity index (χ1n) is 5.98. The Labute approximate surface area is 93.5 Å². The lowest BCUT2D eigenvalue weighted by atomic mass is 9.84. The van der Waals surface area contributed by atoms with E-state index in [1.807, 2.05) is 13.8 Å². The molecule has 2 rings (SSSR count). The molecule has 15 heavy (non-hydrogen) atoms. The smallest absolute Gasteiger partial charge is 0.119 e. The number of aryl methyl sites for hydroxylation is 1. The molecule has 1 heteroatoms. The second-order valence-corrected chi connectivity index (χ2v) is 3.86. The molecule has 1 unspecified atom stereocenters. The van der Waals surface area contributed by atoms with Crippen molar-refractivity contribution < 1.29 is 4.74 Å². The van der Waals surface area contributed by atoms with Crippen LogP contribution in [-0.2, 0) is 6.42 Å². The maximum atomic E-state index is 5.22. The van der Waals surface area contributed by atoms with Crippen LogP contribution in [0.25, 0.3) is 0 Å². The van der Waals surface area contributed by atoms with Gasteiger partial charge in [-0.15, -0.1) is 0 Å². The van der Waals surface area contributed by atoms with Gasteiger partial charge in [-0.25, -0.2) is 0 Å². The normalized spacial score (nSPS) is 18.5. The molecule has 0 aromatic heterocycles. The molecule has 0 saturated carbocycles. The van der Waals surface area contributed by atoms with E-state index in [-0.39, 0.29) is 0 Å². The Bertz CT molecular complexity index is 304. The molecular formula is C14H22O. The Kier molecular flexibility index (Phi) is 4.67. The summed E-state index contributed by atoms with van der Waals surface area (Å²) in [5.41, 5.74) is 3.00. The summed E-state index contributed by atoms with van der Waals surface area (Å²) < 4.78 is 5.22. The second kappa shape index (κ2) is 5.79. The average molecular weight is 206 g/mol. The monoisotopic (exact) mass is 206 g/mol. The van der Waals surface area contributed by atoms with Crippen molar-refractivity contribution in [1.29, 1.82) is 0 Å². The van der Waals surface area contributed by atoms with E-state index in [4.69, 9.17) is 4.74 Å². The minimum absolute atomic E-state index is 0.731. The molecule has 1 aromatic carbocycles. The highest BCUT2D eigenvalue weighted by molar-refractivity contribution is 5.38. The number of methoxy groups -OCH3 is 1. The molecule has 1 aromatic rings. The zero-order chi connectivity index (χ0) is 11.3. The Morgan fingerprint density at radius 1 is 1.27 bits per heavy atom. The fourth-order valence-electron chi connectivity index (χ4n) is 2.16. The predicted octanol–water partition coefficient (Wildman–Crippen LogP) is 4.16. The molecule has 1 aliphatic rings. The predicted molar refractivity (Wildman–Crippen MR) is 65.7 cm³/mol. The minimum Gasteiger partial charge on any atom is -0.497 e. The molecule has 0 heterocycles. The molecule has 1 atom stereocenters. The lowest BCUT2D eigenvalue weighted by Gasteiger charge is -2.22. The van der Waals surface area contributed by atoms with Crippen LogP contribution in [0.3, 0.4) is 0 Å². The van der Waals surface area contributed by atoms with Gasteiger partial charge in [-0.3, -0.25) is 0 Å². The van der Waals surface area contributed by atoms with Gasteiger partial charge in [-0.2, -0.15) is 0 Å². The number of hydrogen-bond donors (Lipinski definition) is 0. The molecule has 0 aliphatic heterocycles. The summed E-state index contributed by atoms with van der Waals surface area (Å²) in [6.07, 6.45) is 3.87. The highest BCUT2D eigenvalue weighted by atomic mass is 16.5. The van der Waals surface area contributed by atoms with Gasteiger partial charge in [0.2, 0.25) is 0 Å². The first-order chi connectivity index (χ1) is 7.31. The van der Waals surface area contributed by atoms with Crippen LogP contribution in [0.4, 0.5) is 0 Å². The molecule has 0 spiro atoms. The fourth-order valence-corrected chi connectivity index (χ4v) is 2.16. The van der Waals surface area contributed by atoms with Crippen LogP contribution in [-0.4, -0.2) is 7.11 Å². The third kappa shape index (κ3) is 2.74. The van der Waals surface area contributed by atoms with Crippen molar-refractivity contribution in [2.75, 3.05) is 7.11 Å². The fraction of sp³-hybridized carbons (Fsp3) is 0.571. The first-order valence-corrected chi connectivity index (χ1v) is 5.98. The van der Waals surface area contributed by atoms with Gasteiger partial charge in [0.25, 0.3) is 0 Å². The van der Waals surface area contributed by atoms with Crippen molar-refractivity contribution in [2.45, 2.75) is 46.0 Å². The van der Waals surface area contributed by atoms with Crippen LogP contribution in [0.15, 0.2) is 18.2 Å². The standard InChI is InChI=1S/C12H16O.C2H6/c1-9-4-3-5-10-8-11(13-2)6-7-12(9)10;1-2/h6-9H,3-5H2,1-2H3;1-2H3. The Morgan fingerprint density at radius 3 is 2.67 bits per heavy atom. The van der Waals surface area contributed by atoms with Gasteiger partial charge in [0.05, 0.1) is 7.11 Å². The maximum absolute atomic E-state index is 5.22. The van der Waals surface area contributed by atoms with Crippen molar-refractivity contribution in [3.63, 3.8) is 0 Å². The molecule has 0 bridgehead atoms. The second-order valence-electron chi connectivity index (χ2n) is 3.86. The summed E-state index contributed by atoms with van der Waals surface area (Å²) in [5.74, 6) is 1.72. The van der Waals surface area contributed by atoms with Gasteiger partial charge in [0.1, 0.15) is 5.75 Å². The van der Waals surface area contributed by atoms with E-state index in [1.165, 1.54) is 30.4 Å². The van der Waals surface area contributed by atoms with E-state index in [1.54, 1.807) is 7.11 Å². The Morgan fingerprint density at radius 2 is 2.00 bits per heavy atom. The average Bonchev–Trinajstić information content (AvgIpc) is 2.31. The molecule has 84 valence electrons. The van der Waals surface area contributed by atoms with E-state index in [0.717, 1.165) is 11.7 Å². The summed E-state index contributed by atoms with van der Waals surface area (Å²) in [7, 11) is 1.73. The van der Waals surface area contributed by atoms with Gasteiger partial charge in [-0.1, -0.05) is 26.8 Å². The van der Waals surface area contributed by atoms with Gasteiger partial charge in [0, 0.05) is 0 Å². The van der Waals surface area contributed by atoms with Crippen molar-refractivity contribution in [3.8, 4) is 5.75 Å². The zero-order valence-corrected chi connectivity index (χ0v) is 10.3. The highest BCUT2D eigenvalue weighted by Gasteiger charge is 2.16. The third-order valence-corrected chi connectivity index (χ3v) is 2.96. The van der Waals surface area contributed by atoms with E-state index >= 15 is 0 Å². The summed E-state index contributed by atoms with van der Waals surface area (Å²) in [4.78, 5) is 0. The van der Waals surface area contributed by atoms with Gasteiger partial charge in [-0.05, 0) is 48.4 Å². The largest absolute Gasteiger partial charge is 0.497 e. The Balaban J connectivity index is 0.000000531. The topological polar surface area (TPSA) is 9.23 Å². The Hall–Kier alpha value is -0.980. The van der Waals surface area contributed by atoms with Gasteiger partial charge < -0.3 is 4.74 Å². The number of fused-ring (bicyclic) bond motifs is 1. The lowest BCUT2D eigenvalue weighted by Crippen LogP contribution is -2.06. The molecular weight excluding hydrogens is 184 g/mol. The van der Waals surface area contributed by atoms with Gasteiger partial charge in [0.15, 0.2) is 0 Å². The number of benzene rings is 1. The van der Waals surface area contributed by atoms with E-state index in [2.05, 4.69) is 25.1 Å². The molecule has 0 radical (unpaired) electrons. The van der Waals surface area contributed by atoms with Crippen LogP contribution in [0, 0.1) is 0 Å². The molecule has 1 nitrogen and oxygen atoms in total. The van der Waals surface area contributed by atoms with E-state index < -0.39 is 0 Å². The van der Waals surface area contributed by atoms with Crippen molar-refractivity contribution in [1.82, 2.24) is 0 Å². The van der Waals surface area contributed by atoms with Crippen LogP contribution in [0.1, 0.15) is 50.7 Å². The summed E-state index contributed by atoms with van der Waals surface area (Å²) in [6, 6.07) is 6.48. The quantitative estimate of drug-likeness (QED) is 0.670. The lowest BCUT2D eigenvalue weighted by molar-refractivity contribution is 0.413. The van der Waals surface area contributed by atoms with Crippen molar-refractivity contribution in [3.05, 3.63) is 29.3 Å². The van der Waals surface area contributed by atoms with Crippen molar-refractivity contribution >= 4 is 0 Å². The maximum Gasteiger partial charge on any atom is 0.119 e. The SMILES string of the molecule is CC.COc1ccc2c(c1)CCCC2C. The number of hydrogen-bond acceptors (Lipinski definition) is 1. The number of rotatable bonds is 1. The highest BCUT2D eigenvalue weighted by Crippen LogP contribution is 2.32. The molecule has 0 N–H and O–H groups in total. The summed E-state index contributed by atoms with van der Waals surface area (Å²) >= 11 is 0. The zero-order valence-electron chi connectivity index (χ0n) is 10.3. The van der Waals surface area contributed by atoms with Crippen LogP contribution in [0.2, 0.25) is 0 Å². The first kappa shape index (κ1) is 12.1. The van der Waals surface area contributed by atoms with Crippen LogP contribution >= 0.6 is 0 Å². The molecule has 0 fully saturated rings. The van der Waals surface area contributed by atoms with E-state index in [0.29, 0.717) is 0 Å². The third-order valence-electron chi connectivity index (χ3n) is 2.96. The van der Waals surface area contributed by atoms with E-state index in [9.17, 15) is 0 Å². The minimum atomic E-state index is 0.731. The van der Waals surface area contributed by atoms with Crippen LogP contribution < -0.4 is 4.74 Å². The summed E-state index contributed by atoms with van der Waals surface area (Å²) in [6.45, 7) is 6.31. The summed E-state index contributed by atoms with van der Waals surface area (Å²) in [5, 5.41) is 0. The molecule has 0 amide bonds. The van der Waals surface area contributed by atoms with Gasteiger partial charge >= 0.3 is 0 Å². The molecule has 0 saturated heterocycles. The number of ether oxygens (including phenoxy) is 1. The van der Waals surface area contributed by atoms with Crippen molar-refractivity contribution in [2.24, 2.45) is 0 Å². The molecule has 1 aliphatic carbocycles. The van der Waals surface area contributed by atoms with Crippen LogP contribution in [0.5, 0.6) is 5.75 Å².